The molecule has 1 atom stereocenters. The van der Waals surface area contributed by atoms with E-state index < -0.39 is 17.6 Å². The van der Waals surface area contributed by atoms with Gasteiger partial charge in [-0.05, 0) is 37.6 Å². The van der Waals surface area contributed by atoms with Crippen molar-refractivity contribution in [1.82, 2.24) is 20.1 Å². The number of hydrogen-bond acceptors (Lipinski definition) is 3. The summed E-state index contributed by atoms with van der Waals surface area (Å²) in [6, 6.07) is 3.75. The Morgan fingerprint density at radius 3 is 2.61 bits per heavy atom. The van der Waals surface area contributed by atoms with Gasteiger partial charge in [0.2, 0.25) is 0 Å². The molecule has 1 aromatic carbocycles. The number of rotatable bonds is 3. The van der Waals surface area contributed by atoms with Crippen LogP contribution >= 0.6 is 0 Å². The van der Waals surface area contributed by atoms with Crippen LogP contribution in [-0.2, 0) is 19.1 Å². The molecule has 0 fully saturated rings. The van der Waals surface area contributed by atoms with Crippen LogP contribution in [0.25, 0.3) is 0 Å². The molecule has 0 unspecified atom stereocenters. The number of halogens is 3. The molecule has 0 saturated carbocycles. The fraction of sp³-hybridized carbons (Fsp3) is 0.400. The zero-order valence-corrected chi connectivity index (χ0v) is 12.4. The number of alkyl halides is 3. The largest absolute Gasteiger partial charge is 0.416 e. The molecule has 0 radical (unpaired) electrons. The molecule has 0 spiro atoms. The van der Waals surface area contributed by atoms with E-state index in [1.807, 2.05) is 4.57 Å². The Hall–Kier alpha value is -2.38. The van der Waals surface area contributed by atoms with Crippen LogP contribution in [0.3, 0.4) is 0 Å². The van der Waals surface area contributed by atoms with E-state index in [4.69, 9.17) is 0 Å². The molecule has 1 N–H and O–H groups in total. The van der Waals surface area contributed by atoms with E-state index >= 15 is 0 Å². The zero-order chi connectivity index (χ0) is 16.6. The molecule has 1 aliphatic heterocycles. The highest BCUT2D eigenvalue weighted by atomic mass is 19.4. The van der Waals surface area contributed by atoms with Gasteiger partial charge in [0, 0.05) is 18.5 Å². The Bertz CT molecular complexity index is 721. The normalized spacial score (nSPS) is 15.3. The van der Waals surface area contributed by atoms with Crippen molar-refractivity contribution in [2.24, 2.45) is 0 Å². The Labute approximate surface area is 130 Å². The Balaban J connectivity index is 1.71. The molecule has 1 aromatic heterocycles. The van der Waals surface area contributed by atoms with Gasteiger partial charge in [-0.3, -0.25) is 4.79 Å². The predicted octanol–water partition coefficient (Wildman–Crippen LogP) is 2.73. The van der Waals surface area contributed by atoms with E-state index in [0.29, 0.717) is 5.82 Å². The van der Waals surface area contributed by atoms with Crippen LogP contribution in [0.2, 0.25) is 0 Å². The molecule has 0 saturated heterocycles. The van der Waals surface area contributed by atoms with Gasteiger partial charge in [0.1, 0.15) is 5.82 Å². The van der Waals surface area contributed by atoms with Gasteiger partial charge in [-0.1, -0.05) is 0 Å². The van der Waals surface area contributed by atoms with Crippen molar-refractivity contribution in [3.63, 3.8) is 0 Å². The second kappa shape index (κ2) is 5.68. The summed E-state index contributed by atoms with van der Waals surface area (Å²) in [5.74, 6) is 1.12. The standard InChI is InChI=1S/C15H15F3N4O/c1-9(13-21-20-12-3-2-8-22(12)13)19-14(23)10-4-6-11(7-5-10)15(16,17)18/h4-7,9H,2-3,8H2,1H3,(H,19,23)/t9-/m0/s1. The third-order valence-corrected chi connectivity index (χ3v) is 3.85. The summed E-state index contributed by atoms with van der Waals surface area (Å²) in [6.45, 7) is 2.59. The number of carbonyl (C=O) groups is 1. The molecule has 5 nitrogen and oxygen atoms in total. The molecule has 2 aromatic rings. The fourth-order valence-corrected chi connectivity index (χ4v) is 2.65. The number of amides is 1. The lowest BCUT2D eigenvalue weighted by Crippen LogP contribution is -2.28. The first-order valence-electron chi connectivity index (χ1n) is 7.26. The van der Waals surface area contributed by atoms with Crippen LogP contribution in [-0.4, -0.2) is 20.7 Å². The van der Waals surface area contributed by atoms with E-state index in [0.717, 1.165) is 37.3 Å². The number of fused-ring (bicyclic) bond motifs is 1. The van der Waals surface area contributed by atoms with Gasteiger partial charge in [-0.2, -0.15) is 13.2 Å². The van der Waals surface area contributed by atoms with Gasteiger partial charge >= 0.3 is 6.18 Å². The van der Waals surface area contributed by atoms with Crippen molar-refractivity contribution in [3.8, 4) is 0 Å². The molecule has 0 bridgehead atoms. The van der Waals surface area contributed by atoms with Crippen molar-refractivity contribution in [1.29, 1.82) is 0 Å². The summed E-state index contributed by atoms with van der Waals surface area (Å²) in [5.41, 5.74) is -0.608. The summed E-state index contributed by atoms with van der Waals surface area (Å²) < 4.78 is 39.5. The van der Waals surface area contributed by atoms with Gasteiger partial charge < -0.3 is 9.88 Å². The average molecular weight is 324 g/mol. The molecule has 0 aliphatic carbocycles. The number of aryl methyl sites for hydroxylation is 1. The highest BCUT2D eigenvalue weighted by Crippen LogP contribution is 2.29. The first kappa shape index (κ1) is 15.5. The second-order valence-electron chi connectivity index (χ2n) is 5.50. The maximum absolute atomic E-state index is 12.5. The molecule has 2 heterocycles. The third-order valence-electron chi connectivity index (χ3n) is 3.85. The van der Waals surface area contributed by atoms with Crippen LogP contribution < -0.4 is 5.32 Å². The van der Waals surface area contributed by atoms with Crippen molar-refractivity contribution >= 4 is 5.91 Å². The van der Waals surface area contributed by atoms with Gasteiger partial charge in [-0.15, -0.1) is 10.2 Å². The summed E-state index contributed by atoms with van der Waals surface area (Å²) in [4.78, 5) is 12.2. The number of nitrogens with zero attached hydrogens (tertiary/aromatic N) is 3. The van der Waals surface area contributed by atoms with Crippen LogP contribution in [0.1, 0.15) is 47.0 Å². The van der Waals surface area contributed by atoms with E-state index in [2.05, 4.69) is 15.5 Å². The summed E-state index contributed by atoms with van der Waals surface area (Å²) in [7, 11) is 0. The monoisotopic (exact) mass is 324 g/mol. The van der Waals surface area contributed by atoms with E-state index in [9.17, 15) is 18.0 Å². The number of benzene rings is 1. The molecule has 1 amide bonds. The third kappa shape index (κ3) is 3.06. The lowest BCUT2D eigenvalue weighted by Gasteiger charge is -2.14. The lowest BCUT2D eigenvalue weighted by atomic mass is 10.1. The number of nitrogens with one attached hydrogen (secondary N) is 1. The molecule has 1 aliphatic rings. The molecule has 23 heavy (non-hydrogen) atoms. The molecular formula is C15H15F3N4O. The highest BCUT2D eigenvalue weighted by molar-refractivity contribution is 5.94. The molecule has 122 valence electrons. The minimum atomic E-state index is -4.41. The molecule has 8 heteroatoms. The summed E-state index contributed by atoms with van der Waals surface area (Å²) in [6.07, 6.45) is -2.55. The van der Waals surface area contributed by atoms with Crippen LogP contribution in [0.4, 0.5) is 13.2 Å². The minimum absolute atomic E-state index is 0.172. The van der Waals surface area contributed by atoms with Gasteiger partial charge in [0.15, 0.2) is 5.82 Å². The topological polar surface area (TPSA) is 59.8 Å². The first-order valence-corrected chi connectivity index (χ1v) is 7.26. The maximum atomic E-state index is 12.5. The van der Waals surface area contributed by atoms with Crippen molar-refractivity contribution < 1.29 is 18.0 Å². The number of hydrogen-bond donors (Lipinski definition) is 1. The summed E-state index contributed by atoms with van der Waals surface area (Å²) >= 11 is 0. The van der Waals surface area contributed by atoms with Crippen molar-refractivity contribution in [2.75, 3.05) is 0 Å². The van der Waals surface area contributed by atoms with Crippen LogP contribution in [0.5, 0.6) is 0 Å². The second-order valence-corrected chi connectivity index (χ2v) is 5.50. The van der Waals surface area contributed by atoms with Crippen LogP contribution in [0.15, 0.2) is 24.3 Å². The van der Waals surface area contributed by atoms with Gasteiger partial charge in [-0.25, -0.2) is 0 Å². The SMILES string of the molecule is C[C@H](NC(=O)c1ccc(C(F)(F)F)cc1)c1nnc2n1CCC2. The first-order chi connectivity index (χ1) is 10.9. The number of carbonyl (C=O) groups excluding carboxylic acids is 1. The molecule has 3 rings (SSSR count). The van der Waals surface area contributed by atoms with E-state index in [1.54, 1.807) is 6.92 Å². The minimum Gasteiger partial charge on any atom is -0.342 e. The number of aromatic nitrogens is 3. The Kier molecular flexibility index (Phi) is 3.83. The van der Waals surface area contributed by atoms with E-state index in [-0.39, 0.29) is 11.6 Å². The van der Waals surface area contributed by atoms with Crippen molar-refractivity contribution in [3.05, 3.63) is 47.0 Å². The van der Waals surface area contributed by atoms with Crippen LogP contribution in [0, 0.1) is 0 Å². The predicted molar refractivity (Wildman–Crippen MR) is 75.7 cm³/mol. The summed E-state index contributed by atoms with van der Waals surface area (Å²) in [5, 5.41) is 10.9. The lowest BCUT2D eigenvalue weighted by molar-refractivity contribution is -0.137. The zero-order valence-electron chi connectivity index (χ0n) is 12.4. The smallest absolute Gasteiger partial charge is 0.342 e. The highest BCUT2D eigenvalue weighted by Gasteiger charge is 2.30. The molecular weight excluding hydrogens is 309 g/mol. The fourth-order valence-electron chi connectivity index (χ4n) is 2.65. The van der Waals surface area contributed by atoms with Crippen molar-refractivity contribution in [2.45, 2.75) is 38.5 Å². The van der Waals surface area contributed by atoms with Gasteiger partial charge in [0.05, 0.1) is 11.6 Å². The Morgan fingerprint density at radius 2 is 1.96 bits per heavy atom. The Morgan fingerprint density at radius 1 is 1.26 bits per heavy atom. The average Bonchev–Trinajstić information content (AvgIpc) is 3.09. The quantitative estimate of drug-likeness (QED) is 0.944. The van der Waals surface area contributed by atoms with E-state index in [1.165, 1.54) is 12.1 Å². The van der Waals surface area contributed by atoms with Gasteiger partial charge in [0.25, 0.3) is 5.91 Å². The maximum Gasteiger partial charge on any atom is 0.416 e.